The fraction of sp³-hybridized carbons (Fsp3) is 0.308. The van der Waals surface area contributed by atoms with Crippen LogP contribution in [0.4, 0.5) is 0 Å². The Bertz CT molecular complexity index is 1200. The van der Waals surface area contributed by atoms with Crippen LogP contribution in [0.3, 0.4) is 0 Å². The second-order valence-corrected chi connectivity index (χ2v) is 9.56. The molecule has 0 spiro atoms. The van der Waals surface area contributed by atoms with Gasteiger partial charge in [-0.05, 0) is 62.2 Å². The molecule has 2 atom stereocenters. The van der Waals surface area contributed by atoms with Gasteiger partial charge in [-0.1, -0.05) is 30.0 Å². The fourth-order valence-electron chi connectivity index (χ4n) is 4.15. The molecule has 2 aromatic carbocycles. The molecule has 1 amide bonds. The third-order valence-corrected chi connectivity index (χ3v) is 6.81. The van der Waals surface area contributed by atoms with E-state index >= 15 is 0 Å². The Morgan fingerprint density at radius 1 is 1.14 bits per heavy atom. The van der Waals surface area contributed by atoms with E-state index in [2.05, 4.69) is 5.32 Å². The first-order chi connectivity index (χ1) is 16.7. The summed E-state index contributed by atoms with van der Waals surface area (Å²) in [6.07, 6.45) is 1.73. The highest BCUT2D eigenvalue weighted by molar-refractivity contribution is 8.05. The molecule has 2 N–H and O–H groups in total. The lowest BCUT2D eigenvalue weighted by atomic mass is 9.93. The molecule has 1 saturated heterocycles. The standard InChI is InChI=1S/C26H28N2O6S/c1-14(2)34-19-11-8-17(13-20(19)32-4)23-22(25(31)33-5)15(3)27-26-28(23)24(30)21(35-26)12-16-6-9-18(29)10-7-16/h6-14,23,26-27,29H,1-5H3/b21-12-/t23-,26-/m1/s1. The molecule has 2 heterocycles. The number of allylic oxidation sites excluding steroid dienone is 1. The minimum Gasteiger partial charge on any atom is -0.508 e. The number of carbonyl (C=O) groups excluding carboxylic acids is 2. The monoisotopic (exact) mass is 496 g/mol. The van der Waals surface area contributed by atoms with Gasteiger partial charge in [-0.2, -0.15) is 0 Å². The van der Waals surface area contributed by atoms with Crippen LogP contribution in [0.1, 0.15) is 37.9 Å². The lowest BCUT2D eigenvalue weighted by molar-refractivity contribution is -0.138. The number of amides is 1. The summed E-state index contributed by atoms with van der Waals surface area (Å²) in [7, 11) is 2.87. The molecule has 2 aliphatic heterocycles. The van der Waals surface area contributed by atoms with Crippen molar-refractivity contribution in [2.24, 2.45) is 0 Å². The normalized spacial score (nSPS) is 20.7. The average molecular weight is 497 g/mol. The van der Waals surface area contributed by atoms with Gasteiger partial charge < -0.3 is 24.6 Å². The van der Waals surface area contributed by atoms with Crippen LogP contribution in [0, 0.1) is 0 Å². The predicted molar refractivity (Wildman–Crippen MR) is 134 cm³/mol. The number of rotatable bonds is 6. The number of benzene rings is 2. The number of phenols is 1. The molecule has 9 heteroatoms. The molecule has 184 valence electrons. The predicted octanol–water partition coefficient (Wildman–Crippen LogP) is 4.18. The summed E-state index contributed by atoms with van der Waals surface area (Å²) < 4.78 is 16.5. The molecule has 1 fully saturated rings. The fourth-order valence-corrected chi connectivity index (χ4v) is 5.36. The summed E-state index contributed by atoms with van der Waals surface area (Å²) in [4.78, 5) is 28.7. The van der Waals surface area contributed by atoms with Crippen LogP contribution >= 0.6 is 11.8 Å². The van der Waals surface area contributed by atoms with Gasteiger partial charge in [0.15, 0.2) is 17.0 Å². The highest BCUT2D eigenvalue weighted by Gasteiger charge is 2.48. The first-order valence-electron chi connectivity index (χ1n) is 11.1. The van der Waals surface area contributed by atoms with Crippen molar-refractivity contribution < 1.29 is 28.9 Å². The summed E-state index contributed by atoms with van der Waals surface area (Å²) in [6, 6.07) is 11.3. The number of carbonyl (C=O) groups is 2. The van der Waals surface area contributed by atoms with Gasteiger partial charge in [-0.3, -0.25) is 9.69 Å². The smallest absolute Gasteiger partial charge is 0.337 e. The van der Waals surface area contributed by atoms with Crippen LogP contribution in [-0.2, 0) is 14.3 Å². The van der Waals surface area contributed by atoms with Crippen molar-refractivity contribution in [2.75, 3.05) is 14.2 Å². The minimum atomic E-state index is -0.693. The summed E-state index contributed by atoms with van der Waals surface area (Å²) in [5.74, 6) is 0.493. The number of ether oxygens (including phenoxy) is 3. The van der Waals surface area contributed by atoms with Crippen LogP contribution in [0.2, 0.25) is 0 Å². The van der Waals surface area contributed by atoms with Crippen LogP contribution in [-0.4, -0.2) is 47.7 Å². The zero-order valence-electron chi connectivity index (χ0n) is 20.2. The molecule has 0 saturated carbocycles. The molecule has 0 unspecified atom stereocenters. The molecule has 35 heavy (non-hydrogen) atoms. The number of methoxy groups -OCH3 is 2. The van der Waals surface area contributed by atoms with Gasteiger partial charge in [0.25, 0.3) is 5.91 Å². The first-order valence-corrected chi connectivity index (χ1v) is 12.0. The molecule has 8 nitrogen and oxygen atoms in total. The van der Waals surface area contributed by atoms with E-state index < -0.39 is 17.5 Å². The number of hydrogen-bond donors (Lipinski definition) is 2. The highest BCUT2D eigenvalue weighted by atomic mass is 32.2. The summed E-state index contributed by atoms with van der Waals surface area (Å²) >= 11 is 1.37. The molecule has 2 aromatic rings. The molecule has 4 rings (SSSR count). The van der Waals surface area contributed by atoms with Gasteiger partial charge in [-0.25, -0.2) is 4.79 Å². The maximum atomic E-state index is 13.6. The van der Waals surface area contributed by atoms with E-state index in [1.807, 2.05) is 19.9 Å². The second kappa shape index (κ2) is 9.95. The maximum absolute atomic E-state index is 13.6. The van der Waals surface area contributed by atoms with Crippen LogP contribution in [0.15, 0.2) is 58.6 Å². The summed E-state index contributed by atoms with van der Waals surface area (Å²) in [5, 5.41) is 12.8. The van der Waals surface area contributed by atoms with Crippen molar-refractivity contribution in [2.45, 2.75) is 38.4 Å². The SMILES string of the molecule is COC(=O)C1=C(C)N[C@H]2S/C(=C\c3ccc(O)cc3)C(=O)N2[C@@H]1c1ccc(OC(C)C)c(OC)c1. The van der Waals surface area contributed by atoms with E-state index in [1.54, 1.807) is 61.4 Å². The lowest BCUT2D eigenvalue weighted by Crippen LogP contribution is -2.49. The van der Waals surface area contributed by atoms with Crippen molar-refractivity contribution in [1.29, 1.82) is 0 Å². The summed E-state index contributed by atoms with van der Waals surface area (Å²) in [6.45, 7) is 5.65. The van der Waals surface area contributed by atoms with Gasteiger partial charge in [0.1, 0.15) is 5.75 Å². The van der Waals surface area contributed by atoms with Crippen molar-refractivity contribution in [3.8, 4) is 17.2 Å². The molecular formula is C26H28N2O6S. The van der Waals surface area contributed by atoms with E-state index in [4.69, 9.17) is 14.2 Å². The third kappa shape index (κ3) is 4.81. The molecule has 0 aromatic heterocycles. The van der Waals surface area contributed by atoms with Gasteiger partial charge in [-0.15, -0.1) is 0 Å². The number of fused-ring (bicyclic) bond motifs is 1. The van der Waals surface area contributed by atoms with Crippen LogP contribution in [0.5, 0.6) is 17.2 Å². The number of phenolic OH excluding ortho intramolecular Hbond substituents is 1. The third-order valence-electron chi connectivity index (χ3n) is 5.69. The second-order valence-electron chi connectivity index (χ2n) is 8.44. The maximum Gasteiger partial charge on any atom is 0.337 e. The Morgan fingerprint density at radius 3 is 2.49 bits per heavy atom. The largest absolute Gasteiger partial charge is 0.508 e. The molecular weight excluding hydrogens is 468 g/mol. The van der Waals surface area contributed by atoms with Crippen molar-refractivity contribution in [1.82, 2.24) is 10.2 Å². The van der Waals surface area contributed by atoms with E-state index in [-0.39, 0.29) is 17.8 Å². The molecule has 0 bridgehead atoms. The van der Waals surface area contributed by atoms with Crippen LogP contribution in [0.25, 0.3) is 6.08 Å². The average Bonchev–Trinajstić information content (AvgIpc) is 3.13. The highest BCUT2D eigenvalue weighted by Crippen LogP contribution is 2.47. The number of nitrogens with one attached hydrogen (secondary N) is 1. The van der Waals surface area contributed by atoms with E-state index in [0.717, 1.165) is 5.56 Å². The topological polar surface area (TPSA) is 97.3 Å². The lowest BCUT2D eigenvalue weighted by Gasteiger charge is -2.39. The van der Waals surface area contributed by atoms with Crippen molar-refractivity contribution in [3.63, 3.8) is 0 Å². The zero-order chi connectivity index (χ0) is 25.3. The Hall–Kier alpha value is -3.59. The molecule has 0 aliphatic carbocycles. The Balaban J connectivity index is 1.79. The Morgan fingerprint density at radius 2 is 1.86 bits per heavy atom. The molecule has 0 radical (unpaired) electrons. The minimum absolute atomic E-state index is 0.0464. The van der Waals surface area contributed by atoms with E-state index in [0.29, 0.717) is 33.2 Å². The number of hydrogen-bond acceptors (Lipinski definition) is 8. The number of aromatic hydroxyl groups is 1. The molecule has 2 aliphatic rings. The van der Waals surface area contributed by atoms with E-state index in [1.165, 1.54) is 18.9 Å². The van der Waals surface area contributed by atoms with Crippen molar-refractivity contribution >= 4 is 29.7 Å². The van der Waals surface area contributed by atoms with Crippen LogP contribution < -0.4 is 14.8 Å². The van der Waals surface area contributed by atoms with Gasteiger partial charge in [0.2, 0.25) is 0 Å². The van der Waals surface area contributed by atoms with E-state index in [9.17, 15) is 14.7 Å². The van der Waals surface area contributed by atoms with Gasteiger partial charge >= 0.3 is 5.97 Å². The Kier molecular flexibility index (Phi) is 6.98. The summed E-state index contributed by atoms with van der Waals surface area (Å²) in [5.41, 5.74) is 2.05. The van der Waals surface area contributed by atoms with Gasteiger partial charge in [0, 0.05) is 5.70 Å². The first kappa shape index (κ1) is 24.5. The number of thioether (sulfide) groups is 1. The zero-order valence-corrected chi connectivity index (χ0v) is 21.0. The Labute approximate surface area is 208 Å². The van der Waals surface area contributed by atoms with Crippen molar-refractivity contribution in [3.05, 3.63) is 69.8 Å². The number of nitrogens with zero attached hydrogens (tertiary/aromatic N) is 1. The number of esters is 1. The van der Waals surface area contributed by atoms with Gasteiger partial charge in [0.05, 0.1) is 36.8 Å². The quantitative estimate of drug-likeness (QED) is 0.454.